The number of hydrogen-bond acceptors (Lipinski definition) is 5. The first-order valence-corrected chi connectivity index (χ1v) is 11.5. The first-order chi connectivity index (χ1) is 13.3. The Morgan fingerprint density at radius 1 is 1.36 bits per heavy atom. The number of benzene rings is 1. The molecule has 3 rings (SSSR count). The lowest BCUT2D eigenvalue weighted by Gasteiger charge is -2.16. The van der Waals surface area contributed by atoms with E-state index >= 15 is 0 Å². The molecular formula is C19H24FN3O3S2. The van der Waals surface area contributed by atoms with E-state index in [0.29, 0.717) is 17.5 Å². The summed E-state index contributed by atoms with van der Waals surface area (Å²) in [7, 11) is -2.24. The lowest BCUT2D eigenvalue weighted by Crippen LogP contribution is -2.28. The molecule has 0 bridgehead atoms. The third kappa shape index (κ3) is 4.95. The van der Waals surface area contributed by atoms with E-state index in [-0.39, 0.29) is 23.8 Å². The summed E-state index contributed by atoms with van der Waals surface area (Å²) in [6.45, 7) is 2.41. The molecule has 9 heteroatoms. The molecule has 0 spiro atoms. The summed E-state index contributed by atoms with van der Waals surface area (Å²) in [5, 5.41) is 3.44. The number of thiazole rings is 1. The van der Waals surface area contributed by atoms with Crippen molar-refractivity contribution in [1.82, 2.24) is 9.29 Å². The van der Waals surface area contributed by atoms with Crippen LogP contribution in [0.2, 0.25) is 0 Å². The van der Waals surface area contributed by atoms with E-state index in [1.165, 1.54) is 39.7 Å². The molecule has 0 saturated heterocycles. The fourth-order valence-corrected chi connectivity index (χ4v) is 5.54. The summed E-state index contributed by atoms with van der Waals surface area (Å²) >= 11 is 1.53. The van der Waals surface area contributed by atoms with Gasteiger partial charge in [0.1, 0.15) is 5.82 Å². The van der Waals surface area contributed by atoms with Crippen molar-refractivity contribution in [3.63, 3.8) is 0 Å². The summed E-state index contributed by atoms with van der Waals surface area (Å²) in [6, 6.07) is 4.70. The van der Waals surface area contributed by atoms with Gasteiger partial charge in [-0.15, -0.1) is 11.3 Å². The van der Waals surface area contributed by atoms with E-state index < -0.39 is 15.8 Å². The van der Waals surface area contributed by atoms with Crippen LogP contribution in [0, 0.1) is 11.7 Å². The van der Waals surface area contributed by atoms with Crippen molar-refractivity contribution in [2.24, 2.45) is 5.92 Å². The Bertz CT molecular complexity index is 942. The second-order valence-corrected chi connectivity index (χ2v) is 10.3. The third-order valence-electron chi connectivity index (χ3n) is 4.83. The van der Waals surface area contributed by atoms with Crippen LogP contribution in [-0.4, -0.2) is 37.2 Å². The number of rotatable bonds is 7. The fraction of sp³-hybridized carbons (Fsp3) is 0.474. The molecule has 1 heterocycles. The minimum Gasteiger partial charge on any atom is -0.302 e. The SMILES string of the molecule is CC1CCc2nc(NC(=O)CCCN(C)S(=O)(=O)c3ccc(F)cc3)sc2C1. The zero-order valence-electron chi connectivity index (χ0n) is 15.9. The third-order valence-corrected chi connectivity index (χ3v) is 7.74. The highest BCUT2D eigenvalue weighted by Gasteiger charge is 2.22. The smallest absolute Gasteiger partial charge is 0.242 e. The number of fused-ring (bicyclic) bond motifs is 1. The Morgan fingerprint density at radius 2 is 2.07 bits per heavy atom. The number of sulfonamides is 1. The van der Waals surface area contributed by atoms with Crippen molar-refractivity contribution in [3.8, 4) is 0 Å². The van der Waals surface area contributed by atoms with Crippen molar-refractivity contribution in [1.29, 1.82) is 0 Å². The molecule has 1 aliphatic carbocycles. The topological polar surface area (TPSA) is 79.4 Å². The van der Waals surface area contributed by atoms with Crippen LogP contribution in [0.3, 0.4) is 0 Å². The van der Waals surface area contributed by atoms with E-state index in [2.05, 4.69) is 17.2 Å². The van der Waals surface area contributed by atoms with Gasteiger partial charge in [0.25, 0.3) is 0 Å². The maximum absolute atomic E-state index is 13.0. The molecule has 0 radical (unpaired) electrons. The molecule has 0 fully saturated rings. The lowest BCUT2D eigenvalue weighted by molar-refractivity contribution is -0.116. The monoisotopic (exact) mass is 425 g/mol. The van der Waals surface area contributed by atoms with Gasteiger partial charge in [0, 0.05) is 24.9 Å². The Balaban J connectivity index is 1.49. The van der Waals surface area contributed by atoms with E-state index in [1.54, 1.807) is 0 Å². The van der Waals surface area contributed by atoms with Gasteiger partial charge in [-0.1, -0.05) is 6.92 Å². The van der Waals surface area contributed by atoms with E-state index in [4.69, 9.17) is 0 Å². The summed E-state index contributed by atoms with van der Waals surface area (Å²) in [6.07, 6.45) is 3.66. The molecule has 1 N–H and O–H groups in total. The number of aromatic nitrogens is 1. The first-order valence-electron chi connectivity index (χ1n) is 9.26. The Kier molecular flexibility index (Phi) is 6.47. The number of nitrogens with one attached hydrogen (secondary N) is 1. The van der Waals surface area contributed by atoms with Gasteiger partial charge in [-0.2, -0.15) is 0 Å². The van der Waals surface area contributed by atoms with Crippen LogP contribution in [0.1, 0.15) is 36.8 Å². The van der Waals surface area contributed by atoms with Crippen LogP contribution >= 0.6 is 11.3 Å². The lowest BCUT2D eigenvalue weighted by atomic mass is 9.93. The van der Waals surface area contributed by atoms with Crippen molar-refractivity contribution in [2.45, 2.75) is 43.9 Å². The summed E-state index contributed by atoms with van der Waals surface area (Å²) in [4.78, 5) is 18.0. The normalized spacial score (nSPS) is 16.8. The van der Waals surface area contributed by atoms with Crippen LogP contribution in [-0.2, 0) is 27.7 Å². The second-order valence-electron chi connectivity index (χ2n) is 7.17. The minimum absolute atomic E-state index is 0.0310. The maximum Gasteiger partial charge on any atom is 0.242 e. The van der Waals surface area contributed by atoms with Crippen molar-refractivity contribution in [3.05, 3.63) is 40.7 Å². The molecule has 1 aromatic heterocycles. The number of amides is 1. The molecular weight excluding hydrogens is 401 g/mol. The van der Waals surface area contributed by atoms with Crippen LogP contribution < -0.4 is 5.32 Å². The number of aryl methyl sites for hydroxylation is 1. The molecule has 2 aromatic rings. The highest BCUT2D eigenvalue weighted by atomic mass is 32.2. The average Bonchev–Trinajstić information content (AvgIpc) is 3.03. The maximum atomic E-state index is 13.0. The van der Waals surface area contributed by atoms with Crippen LogP contribution in [0.5, 0.6) is 0 Å². The first kappa shape index (κ1) is 20.9. The van der Waals surface area contributed by atoms with E-state index in [0.717, 1.165) is 37.1 Å². The van der Waals surface area contributed by atoms with Crippen LogP contribution in [0.15, 0.2) is 29.2 Å². The van der Waals surface area contributed by atoms with Crippen molar-refractivity contribution >= 4 is 32.4 Å². The number of anilines is 1. The summed E-state index contributed by atoms with van der Waals surface area (Å²) < 4.78 is 39.0. The molecule has 28 heavy (non-hydrogen) atoms. The second kappa shape index (κ2) is 8.67. The fourth-order valence-electron chi connectivity index (χ4n) is 3.14. The highest BCUT2D eigenvalue weighted by molar-refractivity contribution is 7.89. The van der Waals surface area contributed by atoms with E-state index in [9.17, 15) is 17.6 Å². The number of hydrogen-bond donors (Lipinski definition) is 1. The van der Waals surface area contributed by atoms with Crippen LogP contribution in [0.4, 0.5) is 9.52 Å². The molecule has 0 aliphatic heterocycles. The molecule has 152 valence electrons. The largest absolute Gasteiger partial charge is 0.302 e. The Labute approximate surface area is 168 Å². The standard InChI is InChI=1S/C19H24FN3O3S2/c1-13-5-10-16-17(12-13)27-19(21-16)22-18(24)4-3-11-23(2)28(25,26)15-8-6-14(20)7-9-15/h6-9,13H,3-5,10-12H2,1-2H3,(H,21,22,24). The van der Waals surface area contributed by atoms with Gasteiger partial charge >= 0.3 is 0 Å². The molecule has 1 aromatic carbocycles. The van der Waals surface area contributed by atoms with Crippen molar-refractivity contribution < 1.29 is 17.6 Å². The zero-order chi connectivity index (χ0) is 20.3. The Hall–Kier alpha value is -1.84. The molecule has 1 amide bonds. The van der Waals surface area contributed by atoms with Gasteiger partial charge in [-0.25, -0.2) is 22.1 Å². The van der Waals surface area contributed by atoms with Gasteiger partial charge < -0.3 is 5.32 Å². The molecule has 0 saturated carbocycles. The van der Waals surface area contributed by atoms with Crippen molar-refractivity contribution in [2.75, 3.05) is 18.9 Å². The zero-order valence-corrected chi connectivity index (χ0v) is 17.6. The molecule has 6 nitrogen and oxygen atoms in total. The quantitative estimate of drug-likeness (QED) is 0.737. The number of nitrogens with zero attached hydrogens (tertiary/aromatic N) is 2. The molecule has 1 unspecified atom stereocenters. The predicted octanol–water partition coefficient (Wildman–Crippen LogP) is 3.45. The predicted molar refractivity (Wildman–Crippen MR) is 107 cm³/mol. The number of carbonyl (C=O) groups excluding carboxylic acids is 1. The summed E-state index contributed by atoms with van der Waals surface area (Å²) in [5.41, 5.74) is 1.09. The van der Waals surface area contributed by atoms with Gasteiger partial charge in [-0.3, -0.25) is 4.79 Å². The van der Waals surface area contributed by atoms with Gasteiger partial charge in [-0.05, 0) is 55.9 Å². The highest BCUT2D eigenvalue weighted by Crippen LogP contribution is 2.32. The van der Waals surface area contributed by atoms with Gasteiger partial charge in [0.15, 0.2) is 5.13 Å². The minimum atomic E-state index is -3.70. The van der Waals surface area contributed by atoms with Crippen LogP contribution in [0.25, 0.3) is 0 Å². The van der Waals surface area contributed by atoms with E-state index in [1.807, 2.05) is 0 Å². The average molecular weight is 426 g/mol. The number of carbonyl (C=O) groups is 1. The number of halogens is 1. The summed E-state index contributed by atoms with van der Waals surface area (Å²) in [5.74, 6) is -0.0154. The molecule has 1 atom stereocenters. The van der Waals surface area contributed by atoms with Gasteiger partial charge in [0.05, 0.1) is 10.6 Å². The van der Waals surface area contributed by atoms with Gasteiger partial charge in [0.2, 0.25) is 15.9 Å². The Morgan fingerprint density at radius 3 is 2.79 bits per heavy atom. The molecule has 1 aliphatic rings.